The van der Waals surface area contributed by atoms with Crippen LogP contribution >= 0.6 is 11.3 Å². The number of amides is 2. The van der Waals surface area contributed by atoms with Crippen LogP contribution in [-0.2, 0) is 11.8 Å². The van der Waals surface area contributed by atoms with Crippen molar-refractivity contribution in [1.82, 2.24) is 14.8 Å². The first-order valence-corrected chi connectivity index (χ1v) is 7.52. The van der Waals surface area contributed by atoms with E-state index in [1.807, 2.05) is 6.07 Å². The number of thiazole rings is 1. The van der Waals surface area contributed by atoms with Crippen LogP contribution in [0.3, 0.4) is 0 Å². The van der Waals surface area contributed by atoms with Crippen molar-refractivity contribution in [3.8, 4) is 0 Å². The molecule has 2 heterocycles. The summed E-state index contributed by atoms with van der Waals surface area (Å²) in [5.74, 6) is -0.220. The van der Waals surface area contributed by atoms with E-state index in [2.05, 4.69) is 20.7 Å². The first kappa shape index (κ1) is 15.0. The predicted molar refractivity (Wildman–Crippen MR) is 89.5 cm³/mol. The van der Waals surface area contributed by atoms with Gasteiger partial charge >= 0.3 is 0 Å². The molecule has 1 aromatic carbocycles. The minimum Gasteiger partial charge on any atom is -0.383 e. The van der Waals surface area contributed by atoms with E-state index in [1.54, 1.807) is 19.2 Å². The molecular weight excluding hydrogens is 316 g/mol. The van der Waals surface area contributed by atoms with Gasteiger partial charge in [0.1, 0.15) is 11.4 Å². The normalized spacial score (nSPS) is 10.7. The van der Waals surface area contributed by atoms with E-state index in [-0.39, 0.29) is 17.6 Å². The third-order valence-electron chi connectivity index (χ3n) is 3.16. The Morgan fingerprint density at radius 1 is 1.30 bits per heavy atom. The molecule has 3 rings (SSSR count). The van der Waals surface area contributed by atoms with Crippen LogP contribution in [0.5, 0.6) is 0 Å². The van der Waals surface area contributed by atoms with E-state index >= 15 is 0 Å². The molecule has 23 heavy (non-hydrogen) atoms. The van der Waals surface area contributed by atoms with E-state index in [0.29, 0.717) is 16.4 Å². The average molecular weight is 330 g/mol. The van der Waals surface area contributed by atoms with E-state index in [0.717, 1.165) is 10.2 Å². The highest BCUT2D eigenvalue weighted by molar-refractivity contribution is 7.22. The number of fused-ring (bicyclic) bond motifs is 1. The van der Waals surface area contributed by atoms with Crippen LogP contribution in [0.15, 0.2) is 24.4 Å². The first-order chi connectivity index (χ1) is 10.9. The highest BCUT2D eigenvalue weighted by Gasteiger charge is 2.15. The van der Waals surface area contributed by atoms with Gasteiger partial charge in [-0.2, -0.15) is 5.10 Å². The first-order valence-electron chi connectivity index (χ1n) is 6.71. The molecule has 0 aliphatic heterocycles. The van der Waals surface area contributed by atoms with Crippen LogP contribution in [0.1, 0.15) is 17.3 Å². The van der Waals surface area contributed by atoms with Crippen LogP contribution in [0.25, 0.3) is 10.2 Å². The summed E-state index contributed by atoms with van der Waals surface area (Å²) in [6.45, 7) is 1.45. The highest BCUT2D eigenvalue weighted by atomic mass is 32.1. The maximum Gasteiger partial charge on any atom is 0.262 e. The van der Waals surface area contributed by atoms with Crippen LogP contribution in [-0.4, -0.2) is 26.6 Å². The Morgan fingerprint density at radius 2 is 2.09 bits per heavy atom. The van der Waals surface area contributed by atoms with Crippen molar-refractivity contribution < 1.29 is 9.59 Å². The van der Waals surface area contributed by atoms with E-state index in [1.165, 1.54) is 29.1 Å². The Morgan fingerprint density at radius 3 is 2.74 bits per heavy atom. The number of nitrogen functional groups attached to an aromatic ring is 1. The van der Waals surface area contributed by atoms with Crippen LogP contribution in [0.4, 0.5) is 16.6 Å². The Hall–Kier alpha value is -2.94. The third kappa shape index (κ3) is 2.99. The molecule has 0 atom stereocenters. The number of rotatable bonds is 3. The van der Waals surface area contributed by atoms with Crippen molar-refractivity contribution in [2.75, 3.05) is 16.4 Å². The average Bonchev–Trinajstić information content (AvgIpc) is 3.01. The molecule has 8 nitrogen and oxygen atoms in total. The van der Waals surface area contributed by atoms with Crippen molar-refractivity contribution >= 4 is 50.0 Å². The lowest BCUT2D eigenvalue weighted by atomic mass is 10.3. The Labute approximate surface area is 135 Å². The molecular formula is C14H14N6O2S. The Bertz CT molecular complexity index is 913. The van der Waals surface area contributed by atoms with Gasteiger partial charge in [-0.15, -0.1) is 0 Å². The SMILES string of the molecule is CC(=O)Nc1ccc2nc(NC(=O)c3cnn(C)c3N)sc2c1. The van der Waals surface area contributed by atoms with Gasteiger partial charge in [0, 0.05) is 19.7 Å². The highest BCUT2D eigenvalue weighted by Crippen LogP contribution is 2.29. The fourth-order valence-corrected chi connectivity index (χ4v) is 2.95. The zero-order valence-corrected chi connectivity index (χ0v) is 13.3. The van der Waals surface area contributed by atoms with Crippen LogP contribution < -0.4 is 16.4 Å². The molecule has 0 aliphatic carbocycles. The summed E-state index contributed by atoms with van der Waals surface area (Å²) in [6, 6.07) is 5.35. The van der Waals surface area contributed by atoms with Crippen molar-refractivity contribution in [2.45, 2.75) is 6.92 Å². The van der Waals surface area contributed by atoms with Crippen LogP contribution in [0.2, 0.25) is 0 Å². The molecule has 2 aromatic heterocycles. The molecule has 4 N–H and O–H groups in total. The Balaban J connectivity index is 1.84. The summed E-state index contributed by atoms with van der Waals surface area (Å²) in [5, 5.41) is 9.80. The van der Waals surface area contributed by atoms with Crippen LogP contribution in [0, 0.1) is 0 Å². The molecule has 0 aliphatic rings. The molecule has 0 fully saturated rings. The maximum atomic E-state index is 12.2. The number of anilines is 3. The smallest absolute Gasteiger partial charge is 0.262 e. The standard InChI is InChI=1S/C14H14N6O2S/c1-7(21)17-8-3-4-10-11(5-8)23-14(18-10)19-13(22)9-6-16-20(2)12(9)15/h3-6H,15H2,1-2H3,(H,17,21)(H,18,19,22). The van der Waals surface area contributed by atoms with Crippen molar-refractivity contribution in [3.63, 3.8) is 0 Å². The van der Waals surface area contributed by atoms with E-state index < -0.39 is 0 Å². The second-order valence-electron chi connectivity index (χ2n) is 4.90. The molecule has 9 heteroatoms. The van der Waals surface area contributed by atoms with Gasteiger partial charge in [-0.3, -0.25) is 19.6 Å². The summed E-state index contributed by atoms with van der Waals surface area (Å²) < 4.78 is 2.28. The quantitative estimate of drug-likeness (QED) is 0.677. The Kier molecular flexibility index (Phi) is 3.70. The number of carbonyl (C=O) groups excluding carboxylic acids is 2. The molecule has 0 saturated carbocycles. The van der Waals surface area contributed by atoms with Gasteiger partial charge in [0.15, 0.2) is 5.13 Å². The maximum absolute atomic E-state index is 12.2. The summed E-state index contributed by atoms with van der Waals surface area (Å²) in [6.07, 6.45) is 1.41. The summed E-state index contributed by atoms with van der Waals surface area (Å²) in [4.78, 5) is 27.6. The number of carbonyl (C=O) groups is 2. The monoisotopic (exact) mass is 330 g/mol. The summed E-state index contributed by atoms with van der Waals surface area (Å²) in [5.41, 5.74) is 7.50. The summed E-state index contributed by atoms with van der Waals surface area (Å²) >= 11 is 1.31. The van der Waals surface area contributed by atoms with E-state index in [4.69, 9.17) is 5.73 Å². The van der Waals surface area contributed by atoms with Crippen molar-refractivity contribution in [1.29, 1.82) is 0 Å². The minimum atomic E-state index is -0.364. The lowest BCUT2D eigenvalue weighted by Gasteiger charge is -2.00. The number of nitrogens with zero attached hydrogens (tertiary/aromatic N) is 3. The number of nitrogens with one attached hydrogen (secondary N) is 2. The number of hydrogen-bond donors (Lipinski definition) is 3. The molecule has 0 radical (unpaired) electrons. The van der Waals surface area contributed by atoms with Gasteiger partial charge in [-0.05, 0) is 18.2 Å². The summed E-state index contributed by atoms with van der Waals surface area (Å²) in [7, 11) is 1.66. The fourth-order valence-electron chi connectivity index (χ4n) is 2.05. The fraction of sp³-hybridized carbons (Fsp3) is 0.143. The van der Waals surface area contributed by atoms with Gasteiger partial charge in [0.05, 0.1) is 16.4 Å². The topological polar surface area (TPSA) is 115 Å². The zero-order valence-electron chi connectivity index (χ0n) is 12.5. The van der Waals surface area contributed by atoms with Crippen molar-refractivity contribution in [3.05, 3.63) is 30.0 Å². The second-order valence-corrected chi connectivity index (χ2v) is 5.93. The lowest BCUT2D eigenvalue weighted by molar-refractivity contribution is -0.114. The van der Waals surface area contributed by atoms with Gasteiger partial charge in [0.2, 0.25) is 5.91 Å². The van der Waals surface area contributed by atoms with E-state index in [9.17, 15) is 9.59 Å². The number of aromatic nitrogens is 3. The zero-order chi connectivity index (χ0) is 16.6. The van der Waals surface area contributed by atoms with Crippen molar-refractivity contribution in [2.24, 2.45) is 7.05 Å². The van der Waals surface area contributed by atoms with Gasteiger partial charge in [0.25, 0.3) is 5.91 Å². The molecule has 0 spiro atoms. The van der Waals surface area contributed by atoms with Gasteiger partial charge < -0.3 is 11.1 Å². The number of aryl methyl sites for hydroxylation is 1. The second kappa shape index (κ2) is 5.69. The molecule has 0 bridgehead atoms. The molecule has 0 unspecified atom stereocenters. The number of benzene rings is 1. The lowest BCUT2D eigenvalue weighted by Crippen LogP contribution is -2.13. The number of nitrogens with two attached hydrogens (primary N) is 1. The third-order valence-corrected chi connectivity index (χ3v) is 4.09. The van der Waals surface area contributed by atoms with Gasteiger partial charge in [-0.1, -0.05) is 11.3 Å². The minimum absolute atomic E-state index is 0.144. The largest absolute Gasteiger partial charge is 0.383 e. The number of hydrogen-bond acceptors (Lipinski definition) is 6. The molecule has 0 saturated heterocycles. The molecule has 118 valence electrons. The predicted octanol–water partition coefficient (Wildman–Crippen LogP) is 1.82. The van der Waals surface area contributed by atoms with Gasteiger partial charge in [-0.25, -0.2) is 4.98 Å². The molecule has 2 amide bonds. The molecule has 3 aromatic rings.